The van der Waals surface area contributed by atoms with Crippen LogP contribution in [0.2, 0.25) is 5.02 Å². The maximum Gasteiger partial charge on any atom is 0.224 e. The molecule has 0 radical (unpaired) electrons. The second kappa shape index (κ2) is 5.01. The van der Waals surface area contributed by atoms with Crippen LogP contribution in [0.3, 0.4) is 0 Å². The molecule has 112 valence electrons. The molecule has 5 rings (SSSR count). The summed E-state index contributed by atoms with van der Waals surface area (Å²) in [5, 5.41) is 3.70. The van der Waals surface area contributed by atoms with Crippen LogP contribution < -0.4 is 5.32 Å². The summed E-state index contributed by atoms with van der Waals surface area (Å²) in [6, 6.07) is 7.43. The first-order chi connectivity index (χ1) is 10.1. The standard InChI is InChI=1S/C18H22ClNO/c19-15-2-1-3-16(7-15)20-17(21)11-18-8-12-4-13(9-18)6-14(5-12)10-18/h1-3,7,12-14H,4-6,8-11H2,(H,20,21). The maximum atomic E-state index is 12.5. The monoisotopic (exact) mass is 303 g/mol. The molecule has 0 atom stereocenters. The molecule has 2 nitrogen and oxygen atoms in total. The van der Waals surface area contributed by atoms with Crippen molar-refractivity contribution in [2.45, 2.75) is 44.9 Å². The lowest BCUT2D eigenvalue weighted by Gasteiger charge is -2.56. The number of carbonyl (C=O) groups excluding carboxylic acids is 1. The van der Waals surface area contributed by atoms with E-state index in [4.69, 9.17) is 11.6 Å². The summed E-state index contributed by atoms with van der Waals surface area (Å²) in [6.45, 7) is 0. The number of anilines is 1. The molecule has 0 aliphatic heterocycles. The van der Waals surface area contributed by atoms with Crippen LogP contribution in [0.25, 0.3) is 0 Å². The van der Waals surface area contributed by atoms with Crippen LogP contribution in [0.5, 0.6) is 0 Å². The Morgan fingerprint density at radius 1 is 1.14 bits per heavy atom. The molecule has 4 saturated carbocycles. The van der Waals surface area contributed by atoms with E-state index in [0.29, 0.717) is 16.9 Å². The minimum absolute atomic E-state index is 0.166. The SMILES string of the molecule is O=C(CC12CC3CC(CC(C3)C1)C2)Nc1cccc(Cl)c1. The Balaban J connectivity index is 1.45. The van der Waals surface area contributed by atoms with Gasteiger partial charge in [-0.1, -0.05) is 17.7 Å². The molecule has 0 aromatic heterocycles. The summed E-state index contributed by atoms with van der Waals surface area (Å²) in [6.07, 6.45) is 8.81. The molecule has 4 aliphatic carbocycles. The van der Waals surface area contributed by atoms with E-state index >= 15 is 0 Å². The first-order valence-electron chi connectivity index (χ1n) is 8.16. The van der Waals surface area contributed by atoms with Gasteiger partial charge in [0.25, 0.3) is 0 Å². The molecule has 1 aromatic carbocycles. The number of hydrogen-bond donors (Lipinski definition) is 1. The minimum Gasteiger partial charge on any atom is -0.326 e. The molecule has 21 heavy (non-hydrogen) atoms. The van der Waals surface area contributed by atoms with Crippen LogP contribution >= 0.6 is 11.6 Å². The van der Waals surface area contributed by atoms with Gasteiger partial charge in [-0.3, -0.25) is 4.79 Å². The largest absolute Gasteiger partial charge is 0.326 e. The Kier molecular flexibility index (Phi) is 3.25. The third kappa shape index (κ3) is 2.70. The Labute approximate surface area is 131 Å². The van der Waals surface area contributed by atoms with Crippen molar-refractivity contribution >= 4 is 23.2 Å². The highest BCUT2D eigenvalue weighted by Gasteiger charge is 2.51. The smallest absolute Gasteiger partial charge is 0.224 e. The van der Waals surface area contributed by atoms with E-state index in [1.54, 1.807) is 0 Å². The van der Waals surface area contributed by atoms with Crippen LogP contribution in [-0.4, -0.2) is 5.91 Å². The van der Waals surface area contributed by atoms with Gasteiger partial charge in [0, 0.05) is 17.1 Å². The van der Waals surface area contributed by atoms with Gasteiger partial charge in [0.2, 0.25) is 5.91 Å². The van der Waals surface area contributed by atoms with E-state index in [-0.39, 0.29) is 5.91 Å². The molecule has 0 unspecified atom stereocenters. The first kappa shape index (κ1) is 13.6. The van der Waals surface area contributed by atoms with Gasteiger partial charge in [0.15, 0.2) is 0 Å². The van der Waals surface area contributed by atoms with Crippen molar-refractivity contribution in [2.24, 2.45) is 23.2 Å². The number of carbonyl (C=O) groups is 1. The average molecular weight is 304 g/mol. The zero-order valence-corrected chi connectivity index (χ0v) is 13.0. The number of rotatable bonds is 3. The van der Waals surface area contributed by atoms with E-state index < -0.39 is 0 Å². The maximum absolute atomic E-state index is 12.5. The average Bonchev–Trinajstić information content (AvgIpc) is 2.35. The molecular weight excluding hydrogens is 282 g/mol. The van der Waals surface area contributed by atoms with Crippen molar-refractivity contribution < 1.29 is 4.79 Å². The summed E-state index contributed by atoms with van der Waals surface area (Å²) >= 11 is 5.98. The molecule has 4 aliphatic rings. The fraction of sp³-hybridized carbons (Fsp3) is 0.611. The summed E-state index contributed by atoms with van der Waals surface area (Å²) in [5.74, 6) is 2.86. The molecule has 1 aromatic rings. The van der Waals surface area contributed by atoms with Crippen molar-refractivity contribution in [1.82, 2.24) is 0 Å². The van der Waals surface area contributed by atoms with Crippen molar-refractivity contribution in [1.29, 1.82) is 0 Å². The summed E-state index contributed by atoms with van der Waals surface area (Å²) in [7, 11) is 0. The normalized spacial score (nSPS) is 36.7. The van der Waals surface area contributed by atoms with E-state index in [9.17, 15) is 4.79 Å². The Morgan fingerprint density at radius 2 is 1.76 bits per heavy atom. The fourth-order valence-electron chi connectivity index (χ4n) is 5.62. The van der Waals surface area contributed by atoms with Gasteiger partial charge in [0.05, 0.1) is 0 Å². The second-order valence-electron chi connectivity index (χ2n) is 7.65. The zero-order chi connectivity index (χ0) is 14.4. The lowest BCUT2D eigenvalue weighted by Crippen LogP contribution is -2.47. The van der Waals surface area contributed by atoms with Gasteiger partial charge in [-0.15, -0.1) is 0 Å². The predicted molar refractivity (Wildman–Crippen MR) is 85.3 cm³/mol. The lowest BCUT2D eigenvalue weighted by molar-refractivity contribution is -0.124. The highest BCUT2D eigenvalue weighted by molar-refractivity contribution is 6.30. The number of nitrogens with one attached hydrogen (secondary N) is 1. The van der Waals surface area contributed by atoms with Crippen molar-refractivity contribution in [3.05, 3.63) is 29.3 Å². The highest BCUT2D eigenvalue weighted by Crippen LogP contribution is 2.61. The predicted octanol–water partition coefficient (Wildman–Crippen LogP) is 4.89. The van der Waals surface area contributed by atoms with Gasteiger partial charge in [-0.25, -0.2) is 0 Å². The molecule has 0 saturated heterocycles. The Bertz CT molecular complexity index is 533. The second-order valence-corrected chi connectivity index (χ2v) is 8.09. The van der Waals surface area contributed by atoms with Crippen LogP contribution in [0.4, 0.5) is 5.69 Å². The summed E-state index contributed by atoms with van der Waals surface area (Å²) in [4.78, 5) is 12.5. The van der Waals surface area contributed by atoms with Crippen LogP contribution in [0.1, 0.15) is 44.9 Å². The molecule has 1 amide bonds. The number of hydrogen-bond acceptors (Lipinski definition) is 1. The quantitative estimate of drug-likeness (QED) is 0.846. The molecule has 1 N–H and O–H groups in total. The summed E-state index contributed by atoms with van der Waals surface area (Å²) in [5.41, 5.74) is 1.12. The topological polar surface area (TPSA) is 29.1 Å². The molecule has 0 spiro atoms. The van der Waals surface area contributed by atoms with E-state index in [1.165, 1.54) is 38.5 Å². The van der Waals surface area contributed by atoms with Crippen molar-refractivity contribution in [2.75, 3.05) is 5.32 Å². The number of halogens is 1. The lowest BCUT2D eigenvalue weighted by atomic mass is 9.49. The summed E-state index contributed by atoms with van der Waals surface area (Å²) < 4.78 is 0. The van der Waals surface area contributed by atoms with E-state index in [0.717, 1.165) is 23.4 Å². The van der Waals surface area contributed by atoms with Crippen LogP contribution in [-0.2, 0) is 4.79 Å². The van der Waals surface area contributed by atoms with Crippen molar-refractivity contribution in [3.63, 3.8) is 0 Å². The molecule has 4 bridgehead atoms. The van der Waals surface area contributed by atoms with E-state index in [2.05, 4.69) is 5.32 Å². The third-order valence-corrected chi connectivity index (χ3v) is 6.04. The molecule has 3 heteroatoms. The zero-order valence-electron chi connectivity index (χ0n) is 12.3. The van der Waals surface area contributed by atoms with Crippen LogP contribution in [0, 0.1) is 23.2 Å². The fourth-order valence-corrected chi connectivity index (χ4v) is 5.81. The van der Waals surface area contributed by atoms with Gasteiger partial charge in [-0.2, -0.15) is 0 Å². The van der Waals surface area contributed by atoms with Gasteiger partial charge >= 0.3 is 0 Å². The molecule has 4 fully saturated rings. The first-order valence-corrected chi connectivity index (χ1v) is 8.53. The van der Waals surface area contributed by atoms with Gasteiger partial charge < -0.3 is 5.32 Å². The van der Waals surface area contributed by atoms with E-state index in [1.807, 2.05) is 24.3 Å². The molecular formula is C18H22ClNO. The molecule has 0 heterocycles. The van der Waals surface area contributed by atoms with Gasteiger partial charge in [-0.05, 0) is 79.9 Å². The van der Waals surface area contributed by atoms with Crippen LogP contribution in [0.15, 0.2) is 24.3 Å². The van der Waals surface area contributed by atoms with Gasteiger partial charge in [0.1, 0.15) is 0 Å². The van der Waals surface area contributed by atoms with Crippen molar-refractivity contribution in [3.8, 4) is 0 Å². The minimum atomic E-state index is 0.166. The third-order valence-electron chi connectivity index (χ3n) is 5.81. The number of amides is 1. The Morgan fingerprint density at radius 3 is 2.33 bits per heavy atom. The Hall–Kier alpha value is -1.02. The highest BCUT2D eigenvalue weighted by atomic mass is 35.5. The number of benzene rings is 1.